The van der Waals surface area contributed by atoms with Gasteiger partial charge in [-0.2, -0.15) is 5.26 Å². The van der Waals surface area contributed by atoms with Crippen molar-refractivity contribution in [1.82, 2.24) is 4.90 Å². The maximum absolute atomic E-state index is 12.9. The molecule has 2 aromatic carbocycles. The van der Waals surface area contributed by atoms with Gasteiger partial charge in [0.05, 0.1) is 24.4 Å². The Balaban J connectivity index is 1.51. The maximum Gasteiger partial charge on any atom is 0.322 e. The van der Waals surface area contributed by atoms with E-state index in [1.165, 1.54) is 0 Å². The average molecular weight is 360 g/mol. The van der Waals surface area contributed by atoms with Gasteiger partial charge in [-0.3, -0.25) is 4.79 Å². The van der Waals surface area contributed by atoms with Crippen molar-refractivity contribution in [2.75, 3.05) is 17.2 Å². The first-order valence-electron chi connectivity index (χ1n) is 9.10. The third-order valence-corrected chi connectivity index (χ3v) is 5.23. The number of hydrogen-bond acceptors (Lipinski definition) is 3. The number of carbonyl (C=O) groups excluding carboxylic acids is 2. The predicted octanol–water partition coefficient (Wildman–Crippen LogP) is 3.48. The van der Waals surface area contributed by atoms with Gasteiger partial charge in [0, 0.05) is 17.9 Å². The van der Waals surface area contributed by atoms with Gasteiger partial charge in [-0.25, -0.2) is 4.79 Å². The Kier molecular flexibility index (Phi) is 4.51. The lowest BCUT2D eigenvalue weighted by molar-refractivity contribution is -0.115. The van der Waals surface area contributed by atoms with Crippen molar-refractivity contribution < 1.29 is 9.59 Å². The van der Waals surface area contributed by atoms with E-state index in [2.05, 4.69) is 16.7 Å². The SMILES string of the molecule is N#CC(c1ccccc1)C1CCCN1C(=O)Nc1ccc2c(c1)NC(=O)C2. The summed E-state index contributed by atoms with van der Waals surface area (Å²) in [4.78, 5) is 26.1. The first-order chi connectivity index (χ1) is 13.2. The molecule has 27 heavy (non-hydrogen) atoms. The number of urea groups is 1. The van der Waals surface area contributed by atoms with E-state index in [9.17, 15) is 14.9 Å². The fourth-order valence-corrected chi connectivity index (χ4v) is 3.92. The van der Waals surface area contributed by atoms with Gasteiger partial charge in [0.1, 0.15) is 0 Å². The van der Waals surface area contributed by atoms with Gasteiger partial charge >= 0.3 is 6.03 Å². The van der Waals surface area contributed by atoms with Crippen molar-refractivity contribution in [3.8, 4) is 6.07 Å². The van der Waals surface area contributed by atoms with Crippen LogP contribution in [0.3, 0.4) is 0 Å². The third kappa shape index (κ3) is 3.36. The quantitative estimate of drug-likeness (QED) is 0.879. The van der Waals surface area contributed by atoms with Gasteiger partial charge in [0.2, 0.25) is 5.91 Å². The van der Waals surface area contributed by atoms with E-state index in [0.717, 1.165) is 29.7 Å². The van der Waals surface area contributed by atoms with E-state index in [1.807, 2.05) is 36.4 Å². The van der Waals surface area contributed by atoms with Crippen LogP contribution in [0.4, 0.5) is 16.2 Å². The lowest BCUT2D eigenvalue weighted by Gasteiger charge is -2.28. The molecule has 2 N–H and O–H groups in total. The summed E-state index contributed by atoms with van der Waals surface area (Å²) in [5, 5.41) is 15.4. The molecule has 0 aliphatic carbocycles. The van der Waals surface area contributed by atoms with Gasteiger partial charge in [-0.15, -0.1) is 0 Å². The van der Waals surface area contributed by atoms with Crippen LogP contribution in [0.2, 0.25) is 0 Å². The summed E-state index contributed by atoms with van der Waals surface area (Å²) in [5.41, 5.74) is 3.25. The molecular weight excluding hydrogens is 340 g/mol. The molecular formula is C21H20N4O2. The minimum Gasteiger partial charge on any atom is -0.325 e. The number of nitriles is 1. The summed E-state index contributed by atoms with van der Waals surface area (Å²) in [7, 11) is 0. The molecule has 2 aromatic rings. The number of hydrogen-bond donors (Lipinski definition) is 2. The van der Waals surface area contributed by atoms with Crippen LogP contribution in [0.25, 0.3) is 0 Å². The summed E-state index contributed by atoms with van der Waals surface area (Å²) < 4.78 is 0. The number of anilines is 2. The molecule has 2 heterocycles. The maximum atomic E-state index is 12.9. The number of rotatable bonds is 3. The molecule has 0 aromatic heterocycles. The minimum atomic E-state index is -0.348. The molecule has 6 heteroatoms. The Bertz CT molecular complexity index is 920. The summed E-state index contributed by atoms with van der Waals surface area (Å²) in [6, 6.07) is 17.1. The number of nitrogens with one attached hydrogen (secondary N) is 2. The van der Waals surface area contributed by atoms with Crippen LogP contribution >= 0.6 is 0 Å². The smallest absolute Gasteiger partial charge is 0.322 e. The van der Waals surface area contributed by atoms with Gasteiger partial charge in [-0.05, 0) is 36.1 Å². The van der Waals surface area contributed by atoms with Gasteiger partial charge in [0.25, 0.3) is 0 Å². The highest BCUT2D eigenvalue weighted by Gasteiger charge is 2.35. The highest BCUT2D eigenvalue weighted by atomic mass is 16.2. The molecule has 2 aliphatic heterocycles. The number of benzene rings is 2. The second-order valence-electron chi connectivity index (χ2n) is 6.95. The second kappa shape index (κ2) is 7.12. The van der Waals surface area contributed by atoms with Crippen LogP contribution in [-0.4, -0.2) is 29.4 Å². The lowest BCUT2D eigenvalue weighted by Crippen LogP contribution is -2.41. The molecule has 6 nitrogen and oxygen atoms in total. The molecule has 136 valence electrons. The van der Waals surface area contributed by atoms with E-state index >= 15 is 0 Å². The average Bonchev–Trinajstić information content (AvgIpc) is 3.29. The zero-order valence-corrected chi connectivity index (χ0v) is 14.8. The van der Waals surface area contributed by atoms with Gasteiger partial charge in [-0.1, -0.05) is 36.4 Å². The molecule has 2 aliphatic rings. The fourth-order valence-electron chi connectivity index (χ4n) is 3.92. The summed E-state index contributed by atoms with van der Waals surface area (Å²) in [5.74, 6) is -0.383. The number of likely N-dealkylation sites (tertiary alicyclic amines) is 1. The van der Waals surface area contributed by atoms with E-state index in [4.69, 9.17) is 0 Å². The van der Waals surface area contributed by atoms with Crippen molar-refractivity contribution in [2.45, 2.75) is 31.2 Å². The molecule has 2 atom stereocenters. The minimum absolute atomic E-state index is 0.0344. The van der Waals surface area contributed by atoms with E-state index < -0.39 is 0 Å². The largest absolute Gasteiger partial charge is 0.325 e. The van der Waals surface area contributed by atoms with Crippen LogP contribution < -0.4 is 10.6 Å². The van der Waals surface area contributed by atoms with Crippen LogP contribution in [0.15, 0.2) is 48.5 Å². The molecule has 3 amide bonds. The Morgan fingerprint density at radius 2 is 2.07 bits per heavy atom. The summed E-state index contributed by atoms with van der Waals surface area (Å²) >= 11 is 0. The normalized spacial score (nSPS) is 19.1. The van der Waals surface area contributed by atoms with E-state index in [-0.39, 0.29) is 23.9 Å². The van der Waals surface area contributed by atoms with Crippen molar-refractivity contribution in [3.63, 3.8) is 0 Å². The Hall–Kier alpha value is -3.33. The molecule has 1 fully saturated rings. The topological polar surface area (TPSA) is 85.2 Å². The standard InChI is InChI=1S/C21H20N4O2/c22-13-17(14-5-2-1-3-6-14)19-7-4-10-25(19)21(27)23-16-9-8-15-11-20(26)24-18(15)12-16/h1-3,5-6,8-9,12,17,19H,4,7,10-11H2,(H,23,27)(H,24,26). The second-order valence-corrected chi connectivity index (χ2v) is 6.95. The molecule has 0 spiro atoms. The molecule has 0 radical (unpaired) electrons. The Labute approximate surface area is 157 Å². The third-order valence-electron chi connectivity index (χ3n) is 5.23. The highest BCUT2D eigenvalue weighted by molar-refractivity contribution is 6.00. The first kappa shape index (κ1) is 17.1. The molecule has 0 saturated carbocycles. The molecule has 4 rings (SSSR count). The highest BCUT2D eigenvalue weighted by Crippen LogP contribution is 2.32. The Morgan fingerprint density at radius 1 is 1.26 bits per heavy atom. The lowest BCUT2D eigenvalue weighted by atomic mass is 9.91. The number of fused-ring (bicyclic) bond motifs is 1. The number of nitrogens with zero attached hydrogens (tertiary/aromatic N) is 2. The summed E-state index contributed by atoms with van der Waals surface area (Å²) in [6.45, 7) is 0.628. The van der Waals surface area contributed by atoms with Gasteiger partial charge < -0.3 is 15.5 Å². The summed E-state index contributed by atoms with van der Waals surface area (Å²) in [6.07, 6.45) is 2.06. The van der Waals surface area contributed by atoms with Crippen molar-refractivity contribution in [1.29, 1.82) is 5.26 Å². The van der Waals surface area contributed by atoms with Crippen molar-refractivity contribution >= 4 is 23.3 Å². The fraction of sp³-hybridized carbons (Fsp3) is 0.286. The Morgan fingerprint density at radius 3 is 2.85 bits per heavy atom. The van der Waals surface area contributed by atoms with Crippen molar-refractivity contribution in [3.05, 3.63) is 59.7 Å². The zero-order valence-electron chi connectivity index (χ0n) is 14.8. The van der Waals surface area contributed by atoms with Crippen LogP contribution in [0, 0.1) is 11.3 Å². The zero-order chi connectivity index (χ0) is 18.8. The monoisotopic (exact) mass is 360 g/mol. The van der Waals surface area contributed by atoms with Crippen LogP contribution in [0.5, 0.6) is 0 Å². The first-order valence-corrected chi connectivity index (χ1v) is 9.10. The molecule has 1 saturated heterocycles. The van der Waals surface area contributed by atoms with E-state index in [0.29, 0.717) is 18.7 Å². The predicted molar refractivity (Wildman–Crippen MR) is 102 cm³/mol. The van der Waals surface area contributed by atoms with Crippen LogP contribution in [0.1, 0.15) is 29.9 Å². The molecule has 0 bridgehead atoms. The molecule has 2 unspecified atom stereocenters. The number of carbonyl (C=O) groups is 2. The van der Waals surface area contributed by atoms with Crippen molar-refractivity contribution in [2.24, 2.45) is 0 Å². The number of amides is 3. The van der Waals surface area contributed by atoms with Gasteiger partial charge in [0.15, 0.2) is 0 Å². The van der Waals surface area contributed by atoms with E-state index in [1.54, 1.807) is 17.0 Å². The van der Waals surface area contributed by atoms with Crippen LogP contribution in [-0.2, 0) is 11.2 Å².